The maximum atomic E-state index is 6.89. The van der Waals surface area contributed by atoms with E-state index in [9.17, 15) is 0 Å². The van der Waals surface area contributed by atoms with Crippen molar-refractivity contribution in [2.75, 3.05) is 0 Å². The molecular formula is C9H15N. The summed E-state index contributed by atoms with van der Waals surface area (Å²) in [5.74, 6) is 0. The molecule has 0 aromatic rings. The largest absolute Gasteiger partial charge is 0.314 e. The third kappa shape index (κ3) is 2.39. The Kier molecular flexibility index (Phi) is 3.29. The summed E-state index contributed by atoms with van der Waals surface area (Å²) in [7, 11) is 0. The van der Waals surface area contributed by atoms with Gasteiger partial charge >= 0.3 is 0 Å². The Morgan fingerprint density at radius 1 is 0.900 bits per heavy atom. The summed E-state index contributed by atoms with van der Waals surface area (Å²) in [6.45, 7) is 6.89. The molecule has 0 aromatic heterocycles. The third-order valence-electron chi connectivity index (χ3n) is 2.26. The molecule has 0 unspecified atom stereocenters. The van der Waals surface area contributed by atoms with Crippen LogP contribution in [-0.4, -0.2) is 6.04 Å². The van der Waals surface area contributed by atoms with Crippen LogP contribution in [0.15, 0.2) is 0 Å². The summed E-state index contributed by atoms with van der Waals surface area (Å²) in [5.41, 5.74) is 0. The minimum Gasteiger partial charge on any atom is -0.314 e. The molecule has 0 saturated heterocycles. The van der Waals surface area contributed by atoms with Crippen molar-refractivity contribution in [3.8, 4) is 0 Å². The van der Waals surface area contributed by atoms with Crippen molar-refractivity contribution in [3.63, 3.8) is 0 Å². The molecule has 0 amide bonds. The third-order valence-corrected chi connectivity index (χ3v) is 2.26. The fraction of sp³-hybridized carbons (Fsp3) is 0.889. The van der Waals surface area contributed by atoms with E-state index in [0.717, 1.165) is 12.8 Å². The van der Waals surface area contributed by atoms with Crippen molar-refractivity contribution in [1.82, 2.24) is 0 Å². The number of nitrogens with zero attached hydrogens (tertiary/aromatic N) is 1. The molecular weight excluding hydrogens is 122 g/mol. The van der Waals surface area contributed by atoms with Gasteiger partial charge in [0.2, 0.25) is 6.04 Å². The summed E-state index contributed by atoms with van der Waals surface area (Å²) in [5, 5.41) is 0. The summed E-state index contributed by atoms with van der Waals surface area (Å²) >= 11 is 0. The van der Waals surface area contributed by atoms with Crippen LogP contribution in [0.25, 0.3) is 4.85 Å². The highest BCUT2D eigenvalue weighted by molar-refractivity contribution is 4.79. The van der Waals surface area contributed by atoms with Gasteiger partial charge < -0.3 is 4.85 Å². The fourth-order valence-electron chi connectivity index (χ4n) is 1.56. The quantitative estimate of drug-likeness (QED) is 0.452. The highest BCUT2D eigenvalue weighted by Crippen LogP contribution is 2.18. The molecule has 0 heterocycles. The van der Waals surface area contributed by atoms with Crippen LogP contribution in [0, 0.1) is 6.57 Å². The zero-order chi connectivity index (χ0) is 7.23. The van der Waals surface area contributed by atoms with Crippen molar-refractivity contribution in [2.24, 2.45) is 0 Å². The van der Waals surface area contributed by atoms with Crippen molar-refractivity contribution in [2.45, 2.75) is 51.0 Å². The van der Waals surface area contributed by atoms with Crippen LogP contribution >= 0.6 is 0 Å². The Bertz CT molecular complexity index is 115. The molecule has 1 fully saturated rings. The average Bonchev–Trinajstić information content (AvgIpc) is 1.87. The van der Waals surface area contributed by atoms with Crippen molar-refractivity contribution in [3.05, 3.63) is 11.4 Å². The first-order valence-corrected chi connectivity index (χ1v) is 4.30. The molecule has 0 aliphatic heterocycles. The molecule has 1 heteroatoms. The molecule has 1 nitrogen and oxygen atoms in total. The lowest BCUT2D eigenvalue weighted by Gasteiger charge is -2.09. The molecule has 1 aliphatic rings. The maximum absolute atomic E-state index is 6.89. The van der Waals surface area contributed by atoms with E-state index in [4.69, 9.17) is 6.57 Å². The summed E-state index contributed by atoms with van der Waals surface area (Å²) in [6, 6.07) is 0.361. The fourth-order valence-corrected chi connectivity index (χ4v) is 1.56. The van der Waals surface area contributed by atoms with Gasteiger partial charge in [-0.1, -0.05) is 19.3 Å². The zero-order valence-electron chi connectivity index (χ0n) is 6.47. The van der Waals surface area contributed by atoms with Crippen LogP contribution in [0.2, 0.25) is 0 Å². The summed E-state index contributed by atoms with van der Waals surface area (Å²) < 4.78 is 0. The smallest absolute Gasteiger partial charge is 0.223 e. The van der Waals surface area contributed by atoms with E-state index in [0.29, 0.717) is 6.04 Å². The van der Waals surface area contributed by atoms with E-state index in [1.165, 1.54) is 32.1 Å². The second kappa shape index (κ2) is 4.33. The van der Waals surface area contributed by atoms with Gasteiger partial charge in [-0.2, -0.15) is 0 Å². The van der Waals surface area contributed by atoms with Gasteiger partial charge in [-0.15, -0.1) is 0 Å². The van der Waals surface area contributed by atoms with Crippen molar-refractivity contribution >= 4 is 0 Å². The topological polar surface area (TPSA) is 4.36 Å². The lowest BCUT2D eigenvalue weighted by molar-refractivity contribution is 0.486. The molecule has 0 radical (unpaired) electrons. The van der Waals surface area contributed by atoms with Crippen LogP contribution in [0.4, 0.5) is 0 Å². The minimum absolute atomic E-state index is 0.361. The highest BCUT2D eigenvalue weighted by Gasteiger charge is 2.13. The van der Waals surface area contributed by atoms with Gasteiger partial charge in [0.05, 0.1) is 0 Å². The first-order valence-electron chi connectivity index (χ1n) is 4.30. The Hall–Kier alpha value is -0.510. The SMILES string of the molecule is [C-]#[N+]C1CCCCCCC1. The molecule has 56 valence electrons. The van der Waals surface area contributed by atoms with Gasteiger partial charge in [0.1, 0.15) is 0 Å². The molecule has 0 N–H and O–H groups in total. The number of hydrogen-bond acceptors (Lipinski definition) is 0. The van der Waals surface area contributed by atoms with Gasteiger partial charge in [0.25, 0.3) is 0 Å². The molecule has 1 saturated carbocycles. The molecule has 1 rings (SSSR count). The highest BCUT2D eigenvalue weighted by atomic mass is 14.7. The van der Waals surface area contributed by atoms with Gasteiger partial charge in [-0.3, -0.25) is 0 Å². The van der Waals surface area contributed by atoms with E-state index in [1.54, 1.807) is 0 Å². The standard InChI is InChI=1S/C9H15N/c1-10-9-7-5-3-2-4-6-8-9/h9H,2-8H2. The van der Waals surface area contributed by atoms with E-state index >= 15 is 0 Å². The molecule has 0 atom stereocenters. The molecule has 0 aromatic carbocycles. The van der Waals surface area contributed by atoms with Gasteiger partial charge in [0, 0.05) is 12.8 Å². The first kappa shape index (κ1) is 7.60. The monoisotopic (exact) mass is 137 g/mol. The van der Waals surface area contributed by atoms with Crippen molar-refractivity contribution in [1.29, 1.82) is 0 Å². The Morgan fingerprint density at radius 2 is 1.40 bits per heavy atom. The predicted molar refractivity (Wildman–Crippen MR) is 42.7 cm³/mol. The molecule has 0 bridgehead atoms. The van der Waals surface area contributed by atoms with Crippen LogP contribution in [0.3, 0.4) is 0 Å². The van der Waals surface area contributed by atoms with E-state index in [1.807, 2.05) is 0 Å². The zero-order valence-corrected chi connectivity index (χ0v) is 6.47. The lowest BCUT2D eigenvalue weighted by atomic mass is 9.97. The number of hydrogen-bond donors (Lipinski definition) is 0. The van der Waals surface area contributed by atoms with E-state index in [2.05, 4.69) is 4.85 Å². The second-order valence-electron chi connectivity index (χ2n) is 3.13. The Morgan fingerprint density at radius 3 is 1.90 bits per heavy atom. The van der Waals surface area contributed by atoms with Crippen LogP contribution in [0.1, 0.15) is 44.9 Å². The number of rotatable bonds is 0. The average molecular weight is 137 g/mol. The summed E-state index contributed by atoms with van der Waals surface area (Å²) in [4.78, 5) is 3.60. The minimum atomic E-state index is 0.361. The van der Waals surface area contributed by atoms with E-state index < -0.39 is 0 Å². The van der Waals surface area contributed by atoms with Crippen LogP contribution < -0.4 is 0 Å². The normalized spacial score (nSPS) is 22.7. The van der Waals surface area contributed by atoms with Crippen LogP contribution in [-0.2, 0) is 0 Å². The lowest BCUT2D eigenvalue weighted by Crippen LogP contribution is -2.04. The van der Waals surface area contributed by atoms with Crippen molar-refractivity contribution < 1.29 is 0 Å². The Labute approximate surface area is 63.3 Å². The van der Waals surface area contributed by atoms with Gasteiger partial charge in [-0.05, 0) is 12.8 Å². The van der Waals surface area contributed by atoms with E-state index in [-0.39, 0.29) is 0 Å². The Balaban J connectivity index is 2.24. The predicted octanol–water partition coefficient (Wildman–Crippen LogP) is 3.02. The first-order chi connectivity index (χ1) is 4.93. The van der Waals surface area contributed by atoms with Crippen LogP contribution in [0.5, 0.6) is 0 Å². The molecule has 10 heavy (non-hydrogen) atoms. The van der Waals surface area contributed by atoms with Gasteiger partial charge in [0.15, 0.2) is 0 Å². The summed E-state index contributed by atoms with van der Waals surface area (Å²) in [6.07, 6.45) is 8.98. The molecule has 0 spiro atoms. The maximum Gasteiger partial charge on any atom is 0.223 e. The molecule has 1 aliphatic carbocycles. The van der Waals surface area contributed by atoms with Gasteiger partial charge in [-0.25, -0.2) is 6.57 Å². The second-order valence-corrected chi connectivity index (χ2v) is 3.13.